The zero-order chi connectivity index (χ0) is 13.7. The first-order chi connectivity index (χ1) is 8.51. The topological polar surface area (TPSA) is 35.5 Å². The first kappa shape index (κ1) is 14.9. The Hall–Kier alpha value is -1.13. The van der Waals surface area contributed by atoms with Gasteiger partial charge in [0, 0.05) is 31.9 Å². The molecule has 1 rings (SSSR count). The van der Waals surface area contributed by atoms with E-state index in [2.05, 4.69) is 10.2 Å². The van der Waals surface area contributed by atoms with Gasteiger partial charge in [0.1, 0.15) is 5.82 Å². The molecule has 4 heteroatoms. The van der Waals surface area contributed by atoms with Crippen molar-refractivity contribution in [3.05, 3.63) is 29.1 Å². The summed E-state index contributed by atoms with van der Waals surface area (Å²) in [6.45, 7) is 4.70. The fraction of sp³-hybridized carbons (Fsp3) is 0.571. The number of hydrogen-bond donors (Lipinski definition) is 2. The Balaban J connectivity index is 3.10. The van der Waals surface area contributed by atoms with Gasteiger partial charge in [-0.2, -0.15) is 0 Å². The number of halogens is 1. The average Bonchev–Trinajstić information content (AvgIpc) is 2.37. The number of aliphatic hydroxyl groups excluding tert-OH is 1. The van der Waals surface area contributed by atoms with E-state index in [9.17, 15) is 4.39 Å². The Morgan fingerprint density at radius 3 is 2.67 bits per heavy atom. The zero-order valence-corrected chi connectivity index (χ0v) is 11.6. The van der Waals surface area contributed by atoms with Crippen LogP contribution in [0.3, 0.4) is 0 Å². The maximum absolute atomic E-state index is 13.7. The minimum atomic E-state index is -0.175. The Kier molecular flexibility index (Phi) is 5.56. The van der Waals surface area contributed by atoms with E-state index in [4.69, 9.17) is 5.11 Å². The highest BCUT2D eigenvalue weighted by Crippen LogP contribution is 2.28. The van der Waals surface area contributed by atoms with Crippen LogP contribution in [-0.2, 0) is 0 Å². The maximum Gasteiger partial charge on any atom is 0.126 e. The second-order valence-corrected chi connectivity index (χ2v) is 4.67. The van der Waals surface area contributed by atoms with E-state index >= 15 is 0 Å². The number of hydrogen-bond acceptors (Lipinski definition) is 3. The second-order valence-electron chi connectivity index (χ2n) is 4.67. The molecule has 2 N–H and O–H groups in total. The van der Waals surface area contributed by atoms with Crippen molar-refractivity contribution in [1.29, 1.82) is 0 Å². The van der Waals surface area contributed by atoms with Gasteiger partial charge >= 0.3 is 0 Å². The number of nitrogens with zero attached hydrogens (tertiary/aromatic N) is 1. The summed E-state index contributed by atoms with van der Waals surface area (Å²) in [5, 5.41) is 12.0. The van der Waals surface area contributed by atoms with Gasteiger partial charge in [0.25, 0.3) is 0 Å². The lowest BCUT2D eigenvalue weighted by Gasteiger charge is -2.25. The van der Waals surface area contributed by atoms with Crippen molar-refractivity contribution < 1.29 is 9.50 Å². The van der Waals surface area contributed by atoms with Crippen molar-refractivity contribution in [3.63, 3.8) is 0 Å². The summed E-state index contributed by atoms with van der Waals surface area (Å²) >= 11 is 0. The van der Waals surface area contributed by atoms with Gasteiger partial charge in [0.05, 0.1) is 0 Å². The van der Waals surface area contributed by atoms with Gasteiger partial charge in [0.2, 0.25) is 0 Å². The van der Waals surface area contributed by atoms with Crippen LogP contribution in [0.5, 0.6) is 0 Å². The van der Waals surface area contributed by atoms with Crippen LogP contribution in [0.15, 0.2) is 12.1 Å². The van der Waals surface area contributed by atoms with Crippen LogP contribution >= 0.6 is 0 Å². The van der Waals surface area contributed by atoms with Crippen molar-refractivity contribution in [3.8, 4) is 0 Å². The molecule has 1 atom stereocenters. The molecule has 1 aromatic carbocycles. The van der Waals surface area contributed by atoms with E-state index in [1.54, 1.807) is 13.0 Å². The minimum absolute atomic E-state index is 0.0895. The van der Waals surface area contributed by atoms with Gasteiger partial charge < -0.3 is 15.3 Å². The van der Waals surface area contributed by atoms with Gasteiger partial charge in [0.15, 0.2) is 0 Å². The fourth-order valence-corrected chi connectivity index (χ4v) is 1.94. The van der Waals surface area contributed by atoms with E-state index in [-0.39, 0.29) is 18.5 Å². The molecule has 102 valence electrons. The molecule has 0 fully saturated rings. The number of aliphatic hydroxyl groups is 1. The molecule has 18 heavy (non-hydrogen) atoms. The molecule has 0 saturated heterocycles. The standard InChI is InChI=1S/C14H23FN2O/c1-10-8-14(17(4)6-5-7-18)12(9-13(10)15)11(2)16-3/h8-9,11,16,18H,5-7H2,1-4H3. The number of anilines is 1. The third-order valence-corrected chi connectivity index (χ3v) is 3.27. The highest BCUT2D eigenvalue weighted by Gasteiger charge is 2.15. The molecule has 0 saturated carbocycles. The third kappa shape index (κ3) is 3.43. The van der Waals surface area contributed by atoms with Crippen LogP contribution in [-0.4, -0.2) is 32.4 Å². The summed E-state index contributed by atoms with van der Waals surface area (Å²) in [7, 11) is 3.83. The van der Waals surface area contributed by atoms with Crippen LogP contribution in [0.4, 0.5) is 10.1 Å². The lowest BCUT2D eigenvalue weighted by molar-refractivity contribution is 0.290. The average molecular weight is 254 g/mol. The molecule has 0 radical (unpaired) electrons. The molecular weight excluding hydrogens is 231 g/mol. The maximum atomic E-state index is 13.7. The minimum Gasteiger partial charge on any atom is -0.396 e. The predicted molar refractivity (Wildman–Crippen MR) is 73.6 cm³/mol. The molecule has 0 aliphatic carbocycles. The Morgan fingerprint density at radius 2 is 2.11 bits per heavy atom. The molecule has 0 aromatic heterocycles. The van der Waals surface area contributed by atoms with Gasteiger partial charge in [-0.1, -0.05) is 0 Å². The number of aryl methyl sites for hydroxylation is 1. The van der Waals surface area contributed by atoms with Crippen molar-refractivity contribution in [2.45, 2.75) is 26.3 Å². The molecular formula is C14H23FN2O. The molecule has 1 aromatic rings. The van der Waals surface area contributed by atoms with E-state index in [0.717, 1.165) is 17.8 Å². The van der Waals surface area contributed by atoms with Crippen molar-refractivity contribution in [2.24, 2.45) is 0 Å². The highest BCUT2D eigenvalue weighted by molar-refractivity contribution is 5.56. The molecule has 0 heterocycles. The molecule has 0 amide bonds. The SMILES string of the molecule is CNC(C)c1cc(F)c(C)cc1N(C)CCCO. The first-order valence-corrected chi connectivity index (χ1v) is 6.30. The van der Waals surface area contributed by atoms with E-state index in [1.807, 2.05) is 27.1 Å². The summed E-state index contributed by atoms with van der Waals surface area (Å²) < 4.78 is 13.7. The van der Waals surface area contributed by atoms with Crippen LogP contribution in [0.25, 0.3) is 0 Å². The Labute approximate surface area is 109 Å². The Bertz CT molecular complexity index is 396. The lowest BCUT2D eigenvalue weighted by Crippen LogP contribution is -2.24. The van der Waals surface area contributed by atoms with Gasteiger partial charge in [-0.05, 0) is 50.6 Å². The summed E-state index contributed by atoms with van der Waals surface area (Å²) in [6, 6.07) is 3.56. The molecule has 0 aliphatic rings. The quantitative estimate of drug-likeness (QED) is 0.817. The summed E-state index contributed by atoms with van der Waals surface area (Å²) in [5.74, 6) is -0.175. The molecule has 0 bridgehead atoms. The summed E-state index contributed by atoms with van der Waals surface area (Å²) in [5.41, 5.74) is 2.61. The van der Waals surface area contributed by atoms with Crippen molar-refractivity contribution >= 4 is 5.69 Å². The third-order valence-electron chi connectivity index (χ3n) is 3.27. The normalized spacial score (nSPS) is 12.6. The van der Waals surface area contributed by atoms with E-state index in [0.29, 0.717) is 12.0 Å². The van der Waals surface area contributed by atoms with Crippen LogP contribution in [0.1, 0.15) is 30.5 Å². The smallest absolute Gasteiger partial charge is 0.126 e. The summed E-state index contributed by atoms with van der Waals surface area (Å²) in [6.07, 6.45) is 0.709. The van der Waals surface area contributed by atoms with Crippen LogP contribution < -0.4 is 10.2 Å². The van der Waals surface area contributed by atoms with Crippen LogP contribution in [0, 0.1) is 12.7 Å². The number of nitrogens with one attached hydrogen (secondary N) is 1. The van der Waals surface area contributed by atoms with E-state index < -0.39 is 0 Å². The van der Waals surface area contributed by atoms with Gasteiger partial charge in [-0.25, -0.2) is 4.39 Å². The molecule has 0 spiro atoms. The Morgan fingerprint density at radius 1 is 1.44 bits per heavy atom. The fourth-order valence-electron chi connectivity index (χ4n) is 1.94. The van der Waals surface area contributed by atoms with Crippen molar-refractivity contribution in [2.75, 3.05) is 32.1 Å². The molecule has 1 unspecified atom stereocenters. The largest absolute Gasteiger partial charge is 0.396 e. The van der Waals surface area contributed by atoms with Gasteiger partial charge in [-0.15, -0.1) is 0 Å². The highest BCUT2D eigenvalue weighted by atomic mass is 19.1. The molecule has 0 aliphatic heterocycles. The predicted octanol–water partition coefficient (Wildman–Crippen LogP) is 2.23. The number of rotatable bonds is 6. The summed E-state index contributed by atoms with van der Waals surface area (Å²) in [4.78, 5) is 2.06. The zero-order valence-electron chi connectivity index (χ0n) is 11.6. The second kappa shape index (κ2) is 6.71. The molecule has 3 nitrogen and oxygen atoms in total. The van der Waals surface area contributed by atoms with Crippen LogP contribution in [0.2, 0.25) is 0 Å². The number of benzene rings is 1. The lowest BCUT2D eigenvalue weighted by atomic mass is 10.0. The first-order valence-electron chi connectivity index (χ1n) is 6.30. The van der Waals surface area contributed by atoms with Crippen molar-refractivity contribution in [1.82, 2.24) is 5.32 Å². The van der Waals surface area contributed by atoms with Gasteiger partial charge in [-0.3, -0.25) is 0 Å². The van der Waals surface area contributed by atoms with E-state index in [1.165, 1.54) is 0 Å². The monoisotopic (exact) mass is 254 g/mol.